The van der Waals surface area contributed by atoms with Gasteiger partial charge in [0.1, 0.15) is 0 Å². The molecule has 34 heavy (non-hydrogen) atoms. The highest BCUT2D eigenvalue weighted by Crippen LogP contribution is 2.27. The molecule has 2 N–H and O–H groups in total. The Morgan fingerprint density at radius 3 is 2.59 bits per heavy atom. The van der Waals surface area contributed by atoms with Crippen molar-refractivity contribution in [3.05, 3.63) is 53.6 Å². The third-order valence-electron chi connectivity index (χ3n) is 5.14. The number of methoxy groups -OCH3 is 1. The van der Waals surface area contributed by atoms with Crippen LogP contribution in [0.2, 0.25) is 0 Å². The molecule has 1 saturated heterocycles. The number of rotatable bonds is 8. The quantitative estimate of drug-likeness (QED) is 0.345. The zero-order valence-corrected chi connectivity index (χ0v) is 19.2. The first-order valence-corrected chi connectivity index (χ1v) is 10.9. The summed E-state index contributed by atoms with van der Waals surface area (Å²) in [6.07, 6.45) is 2.09. The van der Waals surface area contributed by atoms with Gasteiger partial charge in [-0.2, -0.15) is 5.10 Å². The fourth-order valence-corrected chi connectivity index (χ4v) is 3.27. The van der Waals surface area contributed by atoms with Gasteiger partial charge in [0.2, 0.25) is 0 Å². The number of carbonyl (C=O) groups is 3. The average Bonchev–Trinajstić information content (AvgIpc) is 2.88. The number of hydrazone groups is 1. The van der Waals surface area contributed by atoms with Crippen molar-refractivity contribution in [2.45, 2.75) is 13.3 Å². The largest absolute Gasteiger partial charge is 0.493 e. The van der Waals surface area contributed by atoms with Crippen LogP contribution in [0.25, 0.3) is 0 Å². The number of nitrogens with one attached hydrogen (secondary N) is 2. The molecule has 1 aliphatic rings. The molecule has 0 aliphatic carbocycles. The summed E-state index contributed by atoms with van der Waals surface area (Å²) >= 11 is 0. The second kappa shape index (κ2) is 12.4. The Kier molecular flexibility index (Phi) is 8.98. The summed E-state index contributed by atoms with van der Waals surface area (Å²) in [6.45, 7) is 3.98. The van der Waals surface area contributed by atoms with Crippen molar-refractivity contribution in [1.82, 2.24) is 10.3 Å². The molecule has 3 amide bonds. The second-order valence-corrected chi connectivity index (χ2v) is 7.36. The van der Waals surface area contributed by atoms with Crippen LogP contribution in [-0.2, 0) is 25.5 Å². The van der Waals surface area contributed by atoms with Crippen molar-refractivity contribution in [2.75, 3.05) is 45.3 Å². The van der Waals surface area contributed by atoms with Crippen LogP contribution in [0.4, 0.5) is 5.69 Å². The molecule has 0 unspecified atom stereocenters. The van der Waals surface area contributed by atoms with Gasteiger partial charge in [0.15, 0.2) is 18.1 Å². The summed E-state index contributed by atoms with van der Waals surface area (Å²) < 4.78 is 16.2. The first-order chi connectivity index (χ1) is 16.5. The number of ether oxygens (including phenoxy) is 3. The zero-order chi connectivity index (χ0) is 24.3. The fourth-order valence-electron chi connectivity index (χ4n) is 3.27. The number of amides is 3. The van der Waals surface area contributed by atoms with E-state index in [4.69, 9.17) is 14.2 Å². The van der Waals surface area contributed by atoms with E-state index < -0.39 is 11.8 Å². The molecule has 0 saturated carbocycles. The van der Waals surface area contributed by atoms with E-state index in [9.17, 15) is 14.4 Å². The lowest BCUT2D eigenvalue weighted by atomic mass is 10.1. The molecule has 3 rings (SSSR count). The fraction of sp³-hybridized carbons (Fsp3) is 0.333. The number of hydrogen-bond donors (Lipinski definition) is 2. The molecule has 2 aromatic carbocycles. The maximum Gasteiger partial charge on any atom is 0.329 e. The molecule has 0 radical (unpaired) electrons. The van der Waals surface area contributed by atoms with Crippen molar-refractivity contribution in [3.63, 3.8) is 0 Å². The van der Waals surface area contributed by atoms with Crippen molar-refractivity contribution < 1.29 is 28.6 Å². The SMILES string of the molecule is CCc1ccccc1NC(=O)C(=O)N/N=C\c1ccc(OCC(=O)N2CCOCC2)c(OC)c1. The highest BCUT2D eigenvalue weighted by atomic mass is 16.5. The zero-order valence-electron chi connectivity index (χ0n) is 19.2. The van der Waals surface area contributed by atoms with E-state index in [1.807, 2.05) is 19.1 Å². The lowest BCUT2D eigenvalue weighted by Crippen LogP contribution is -2.43. The molecule has 1 aliphatic heterocycles. The molecule has 2 aromatic rings. The lowest BCUT2D eigenvalue weighted by molar-refractivity contribution is -0.137. The summed E-state index contributed by atoms with van der Waals surface area (Å²) in [4.78, 5) is 38.2. The van der Waals surface area contributed by atoms with Gasteiger partial charge in [-0.25, -0.2) is 5.43 Å². The van der Waals surface area contributed by atoms with Crippen LogP contribution in [0.15, 0.2) is 47.6 Å². The molecule has 0 bridgehead atoms. The van der Waals surface area contributed by atoms with Gasteiger partial charge < -0.3 is 24.4 Å². The molecule has 10 heteroatoms. The van der Waals surface area contributed by atoms with Crippen molar-refractivity contribution in [1.29, 1.82) is 0 Å². The van der Waals surface area contributed by atoms with E-state index in [2.05, 4.69) is 15.8 Å². The smallest absolute Gasteiger partial charge is 0.329 e. The Bertz CT molecular complexity index is 1050. The van der Waals surface area contributed by atoms with Gasteiger partial charge in [-0.15, -0.1) is 0 Å². The Balaban J connectivity index is 1.53. The van der Waals surface area contributed by atoms with Crippen LogP contribution in [0.5, 0.6) is 11.5 Å². The number of aryl methyl sites for hydroxylation is 1. The predicted octanol–water partition coefficient (Wildman–Crippen LogP) is 1.58. The van der Waals surface area contributed by atoms with E-state index in [0.29, 0.717) is 49.1 Å². The number of morpholine rings is 1. The Hall–Kier alpha value is -3.92. The van der Waals surface area contributed by atoms with E-state index in [-0.39, 0.29) is 12.5 Å². The van der Waals surface area contributed by atoms with Crippen LogP contribution in [0, 0.1) is 0 Å². The molecular weight excluding hydrogens is 440 g/mol. The third-order valence-corrected chi connectivity index (χ3v) is 5.14. The number of benzene rings is 2. The summed E-state index contributed by atoms with van der Waals surface area (Å²) in [5.41, 5.74) is 4.31. The summed E-state index contributed by atoms with van der Waals surface area (Å²) in [5.74, 6) is -1.03. The van der Waals surface area contributed by atoms with Crippen LogP contribution in [-0.4, -0.2) is 68.9 Å². The van der Waals surface area contributed by atoms with Gasteiger partial charge in [-0.3, -0.25) is 14.4 Å². The summed E-state index contributed by atoms with van der Waals surface area (Å²) in [5, 5.41) is 6.42. The molecule has 180 valence electrons. The Morgan fingerprint density at radius 2 is 1.85 bits per heavy atom. The Labute approximate surface area is 197 Å². The highest BCUT2D eigenvalue weighted by molar-refractivity contribution is 6.39. The molecule has 1 heterocycles. The maximum absolute atomic E-state index is 12.3. The van der Waals surface area contributed by atoms with Crippen LogP contribution < -0.4 is 20.2 Å². The van der Waals surface area contributed by atoms with Gasteiger partial charge in [0, 0.05) is 18.8 Å². The minimum atomic E-state index is -0.893. The highest BCUT2D eigenvalue weighted by Gasteiger charge is 2.18. The molecule has 0 atom stereocenters. The molecule has 10 nitrogen and oxygen atoms in total. The monoisotopic (exact) mass is 468 g/mol. The number of carbonyl (C=O) groups excluding carboxylic acids is 3. The number of hydrogen-bond acceptors (Lipinski definition) is 7. The topological polar surface area (TPSA) is 119 Å². The molecule has 0 spiro atoms. The summed E-state index contributed by atoms with van der Waals surface area (Å²) in [7, 11) is 1.48. The van der Waals surface area contributed by atoms with E-state index >= 15 is 0 Å². The second-order valence-electron chi connectivity index (χ2n) is 7.36. The number of para-hydroxylation sites is 1. The molecule has 1 fully saturated rings. The number of nitrogens with zero attached hydrogens (tertiary/aromatic N) is 2. The van der Waals surface area contributed by atoms with Gasteiger partial charge >= 0.3 is 11.8 Å². The lowest BCUT2D eigenvalue weighted by Gasteiger charge is -2.26. The van der Waals surface area contributed by atoms with Crippen LogP contribution >= 0.6 is 0 Å². The van der Waals surface area contributed by atoms with E-state index in [1.165, 1.54) is 13.3 Å². The first kappa shape index (κ1) is 24.7. The Morgan fingerprint density at radius 1 is 1.09 bits per heavy atom. The van der Waals surface area contributed by atoms with Crippen LogP contribution in [0.1, 0.15) is 18.1 Å². The predicted molar refractivity (Wildman–Crippen MR) is 126 cm³/mol. The number of anilines is 1. The van der Waals surface area contributed by atoms with Gasteiger partial charge in [0.05, 0.1) is 26.5 Å². The molecular formula is C24H28N4O6. The standard InChI is InChI=1S/C24H28N4O6/c1-3-18-6-4-5-7-19(18)26-23(30)24(31)27-25-15-17-8-9-20(21(14-17)32-2)34-16-22(29)28-10-12-33-13-11-28/h4-9,14-15H,3,10-13,16H2,1-2H3,(H,26,30)(H,27,31)/b25-15-. The minimum Gasteiger partial charge on any atom is -0.493 e. The summed E-state index contributed by atoms with van der Waals surface area (Å²) in [6, 6.07) is 12.2. The van der Waals surface area contributed by atoms with Crippen molar-refractivity contribution in [2.24, 2.45) is 5.10 Å². The van der Waals surface area contributed by atoms with Crippen molar-refractivity contribution >= 4 is 29.6 Å². The van der Waals surface area contributed by atoms with Crippen LogP contribution in [0.3, 0.4) is 0 Å². The third kappa shape index (κ3) is 6.79. The minimum absolute atomic E-state index is 0.115. The normalized spacial score (nSPS) is 13.4. The first-order valence-electron chi connectivity index (χ1n) is 10.9. The molecule has 0 aromatic heterocycles. The van der Waals surface area contributed by atoms with Gasteiger partial charge in [-0.1, -0.05) is 25.1 Å². The average molecular weight is 469 g/mol. The van der Waals surface area contributed by atoms with Gasteiger partial charge in [0.25, 0.3) is 5.91 Å². The van der Waals surface area contributed by atoms with Gasteiger partial charge in [-0.05, 0) is 41.8 Å². The maximum atomic E-state index is 12.3. The van der Waals surface area contributed by atoms with E-state index in [0.717, 1.165) is 12.0 Å². The van der Waals surface area contributed by atoms with E-state index in [1.54, 1.807) is 35.2 Å². The van der Waals surface area contributed by atoms with Crippen molar-refractivity contribution in [3.8, 4) is 11.5 Å².